The Morgan fingerprint density at radius 3 is 2.35 bits per heavy atom. The minimum Gasteiger partial charge on any atom is -0.453 e. The van der Waals surface area contributed by atoms with Crippen molar-refractivity contribution >= 4 is 35.3 Å². The lowest BCUT2D eigenvalue weighted by molar-refractivity contribution is -0.132. The van der Waals surface area contributed by atoms with Gasteiger partial charge in [0.15, 0.2) is 0 Å². The molecule has 5 amide bonds. The number of aliphatic hydroxyl groups excluding tert-OH is 1. The Kier molecular flexibility index (Phi) is 16.0. The maximum absolute atomic E-state index is 14.5. The topological polar surface area (TPSA) is 169 Å². The van der Waals surface area contributed by atoms with E-state index in [1.165, 1.54) is 18.4 Å². The molecule has 0 spiro atoms. The zero-order valence-corrected chi connectivity index (χ0v) is 35.8. The summed E-state index contributed by atoms with van der Waals surface area (Å²) in [6.07, 6.45) is 3.23. The fraction of sp³-hybridized carbons (Fsp3) is 0.571. The molecule has 1 aliphatic heterocycles. The highest BCUT2D eigenvalue weighted by Gasteiger charge is 2.41. The average Bonchev–Trinajstić information content (AvgIpc) is 3.78. The summed E-state index contributed by atoms with van der Waals surface area (Å²) in [5, 5.41) is 22.2. The van der Waals surface area contributed by atoms with Gasteiger partial charge >= 0.3 is 12.1 Å². The molecule has 0 aliphatic carbocycles. The van der Waals surface area contributed by atoms with Crippen molar-refractivity contribution in [2.24, 2.45) is 16.7 Å². The van der Waals surface area contributed by atoms with Crippen molar-refractivity contribution in [1.82, 2.24) is 40.8 Å². The first-order valence-corrected chi connectivity index (χ1v) is 20.6. The van der Waals surface area contributed by atoms with E-state index in [1.807, 2.05) is 82.5 Å². The van der Waals surface area contributed by atoms with Crippen LogP contribution >= 0.6 is 11.3 Å². The third-order valence-electron chi connectivity index (χ3n) is 10.2. The number of nitrogens with one attached hydrogen (secondary N) is 3. The molecule has 312 valence electrons. The number of pyridine rings is 1. The second-order valence-corrected chi connectivity index (χ2v) is 18.0. The van der Waals surface area contributed by atoms with Crippen molar-refractivity contribution in [3.8, 4) is 10.6 Å². The molecule has 0 unspecified atom stereocenters. The zero-order valence-electron chi connectivity index (χ0n) is 34.9. The van der Waals surface area contributed by atoms with E-state index >= 15 is 0 Å². The molecule has 1 fully saturated rings. The molecule has 15 heteroatoms. The van der Waals surface area contributed by atoms with Gasteiger partial charge in [-0.05, 0) is 47.3 Å². The van der Waals surface area contributed by atoms with Crippen LogP contribution < -0.4 is 16.1 Å². The van der Waals surface area contributed by atoms with E-state index in [1.54, 1.807) is 27.2 Å². The van der Waals surface area contributed by atoms with Gasteiger partial charge in [-0.2, -0.15) is 0 Å². The van der Waals surface area contributed by atoms with Gasteiger partial charge < -0.3 is 30.3 Å². The summed E-state index contributed by atoms with van der Waals surface area (Å²) in [5.41, 5.74) is 4.77. The van der Waals surface area contributed by atoms with Gasteiger partial charge in [0, 0.05) is 49.5 Å². The van der Waals surface area contributed by atoms with E-state index in [9.17, 15) is 24.3 Å². The lowest BCUT2D eigenvalue weighted by Crippen LogP contribution is -2.60. The number of hydrogen-bond acceptors (Lipinski definition) is 10. The second-order valence-electron chi connectivity index (χ2n) is 17.2. The molecule has 5 atom stereocenters. The summed E-state index contributed by atoms with van der Waals surface area (Å²) >= 11 is 1.50. The number of rotatable bonds is 18. The first-order valence-electron chi connectivity index (χ1n) is 19.7. The Balaban J connectivity index is 1.55. The molecule has 1 saturated heterocycles. The number of urea groups is 1. The van der Waals surface area contributed by atoms with Crippen molar-refractivity contribution in [3.63, 3.8) is 0 Å². The van der Waals surface area contributed by atoms with Crippen LogP contribution in [-0.4, -0.2) is 111 Å². The number of nitrogens with zero attached hydrogens (tertiary/aromatic N) is 5. The number of carbonyl (C=O) groups excluding carboxylic acids is 4. The monoisotopic (exact) mass is 806 g/mol. The molecule has 2 aromatic heterocycles. The van der Waals surface area contributed by atoms with Gasteiger partial charge in [-0.3, -0.25) is 20.0 Å². The molecule has 1 aromatic carbocycles. The smallest absolute Gasteiger partial charge is 0.407 e. The third kappa shape index (κ3) is 13.2. The molecule has 0 saturated carbocycles. The molecule has 0 bridgehead atoms. The van der Waals surface area contributed by atoms with Gasteiger partial charge in [0.1, 0.15) is 17.1 Å². The highest BCUT2D eigenvalue weighted by molar-refractivity contribution is 7.13. The van der Waals surface area contributed by atoms with Crippen LogP contribution in [0.3, 0.4) is 0 Å². The number of aromatic nitrogens is 2. The molecule has 0 radical (unpaired) electrons. The van der Waals surface area contributed by atoms with Crippen LogP contribution in [0.1, 0.15) is 79.5 Å². The Bertz CT molecular complexity index is 1760. The third-order valence-corrected chi connectivity index (χ3v) is 11.1. The molecule has 57 heavy (non-hydrogen) atoms. The molecule has 4 rings (SSSR count). The zero-order chi connectivity index (χ0) is 41.9. The van der Waals surface area contributed by atoms with Crippen LogP contribution in [-0.2, 0) is 27.3 Å². The number of hydrazine groups is 1. The quantitative estimate of drug-likeness (QED) is 0.122. The predicted octanol–water partition coefficient (Wildman–Crippen LogP) is 5.49. The number of carbonyl (C=O) groups is 4. The summed E-state index contributed by atoms with van der Waals surface area (Å²) in [6.45, 7) is 17.2. The molecular weight excluding hydrogens is 745 g/mol. The van der Waals surface area contributed by atoms with E-state index in [0.29, 0.717) is 45.4 Å². The van der Waals surface area contributed by atoms with E-state index in [0.717, 1.165) is 21.8 Å². The average molecular weight is 807 g/mol. The number of methoxy groups -OCH3 is 1. The summed E-state index contributed by atoms with van der Waals surface area (Å²) < 4.78 is 4.79. The number of alkyl carbamates (subject to hydrolysis) is 1. The highest BCUT2D eigenvalue weighted by Crippen LogP contribution is 2.27. The number of ether oxygens (including phenoxy) is 1. The summed E-state index contributed by atoms with van der Waals surface area (Å²) in [5.74, 6) is -0.996. The standard InChI is InChI=1S/C42H62N8O6S/c1-10-28(2)34(50-22-21-48(40(50)55)25-31-27-57-38(44-31)30-17-14-19-43-24-30)36(52)45-32(23-29-15-12-11-13-16-29)33(51)26-49(20-18-41(3,4)5)47-37(53)35(42(6,7)8)46-39(54)56-9/h11-17,19,24,27-28,32-35,51H,10,18,20-23,25-26H2,1-9H3,(H,45,52)(H,46,54)(H,47,53)/t28-,32-,33-,34-,35+/m0/s1. The van der Waals surface area contributed by atoms with Gasteiger partial charge in [-0.1, -0.05) is 92.1 Å². The Morgan fingerprint density at radius 2 is 1.74 bits per heavy atom. The first-order chi connectivity index (χ1) is 26.9. The van der Waals surface area contributed by atoms with Gasteiger partial charge in [-0.25, -0.2) is 19.6 Å². The van der Waals surface area contributed by atoms with Crippen molar-refractivity contribution in [2.45, 2.75) is 105 Å². The maximum Gasteiger partial charge on any atom is 0.407 e. The largest absolute Gasteiger partial charge is 0.453 e. The minimum absolute atomic E-state index is 0.0201. The van der Waals surface area contributed by atoms with Crippen LogP contribution in [0.5, 0.6) is 0 Å². The van der Waals surface area contributed by atoms with Crippen LogP contribution in [0.2, 0.25) is 0 Å². The highest BCUT2D eigenvalue weighted by atomic mass is 32.1. The number of amides is 5. The number of thiazole rings is 1. The predicted molar refractivity (Wildman–Crippen MR) is 222 cm³/mol. The van der Waals surface area contributed by atoms with Crippen LogP contribution in [0, 0.1) is 16.7 Å². The fourth-order valence-corrected chi connectivity index (χ4v) is 7.44. The summed E-state index contributed by atoms with van der Waals surface area (Å²) in [7, 11) is 1.24. The molecule has 3 heterocycles. The molecule has 1 aliphatic rings. The van der Waals surface area contributed by atoms with Crippen molar-refractivity contribution in [3.05, 3.63) is 71.5 Å². The lowest BCUT2D eigenvalue weighted by atomic mass is 9.86. The molecule has 4 N–H and O–H groups in total. The number of hydrogen-bond donors (Lipinski definition) is 4. The summed E-state index contributed by atoms with van der Waals surface area (Å²) in [4.78, 5) is 66.7. The van der Waals surface area contributed by atoms with Gasteiger partial charge in [0.2, 0.25) is 5.91 Å². The SMILES string of the molecule is CC[C@H](C)[C@@H](C(=O)N[C@@H](Cc1ccccc1)[C@@H](O)CN(CCC(C)(C)C)NC(=O)[C@@H](NC(=O)OC)C(C)(C)C)N1CCN(Cc2csc(-c3cccnc3)n2)C1=O. The van der Waals surface area contributed by atoms with E-state index < -0.39 is 41.6 Å². The van der Waals surface area contributed by atoms with Crippen molar-refractivity contribution < 1.29 is 29.0 Å². The Hall–Kier alpha value is -4.60. The Labute approximate surface area is 341 Å². The van der Waals surface area contributed by atoms with Gasteiger partial charge in [-0.15, -0.1) is 11.3 Å². The molecule has 14 nitrogen and oxygen atoms in total. The van der Waals surface area contributed by atoms with Crippen LogP contribution in [0.4, 0.5) is 9.59 Å². The lowest BCUT2D eigenvalue weighted by Gasteiger charge is -2.36. The second kappa shape index (κ2) is 20.2. The number of benzene rings is 1. The van der Waals surface area contributed by atoms with Crippen LogP contribution in [0.15, 0.2) is 60.2 Å². The normalized spacial score (nSPS) is 16.2. The Morgan fingerprint density at radius 1 is 1.02 bits per heavy atom. The fourth-order valence-electron chi connectivity index (χ4n) is 6.64. The minimum atomic E-state index is -1.14. The molecule has 3 aromatic rings. The van der Waals surface area contributed by atoms with Gasteiger partial charge in [0.05, 0.1) is 31.5 Å². The van der Waals surface area contributed by atoms with Crippen LogP contribution in [0.25, 0.3) is 10.6 Å². The van der Waals surface area contributed by atoms with Crippen molar-refractivity contribution in [2.75, 3.05) is 33.3 Å². The van der Waals surface area contributed by atoms with Gasteiger partial charge in [0.25, 0.3) is 5.91 Å². The number of aliphatic hydroxyl groups is 1. The van der Waals surface area contributed by atoms with Crippen molar-refractivity contribution in [1.29, 1.82) is 0 Å². The summed E-state index contributed by atoms with van der Waals surface area (Å²) in [6, 6.07) is 10.6. The molecular formula is C42H62N8O6S. The van der Waals surface area contributed by atoms with E-state index in [4.69, 9.17) is 9.72 Å². The van der Waals surface area contributed by atoms with E-state index in [-0.39, 0.29) is 29.8 Å². The maximum atomic E-state index is 14.5. The first kappa shape index (κ1) is 45.1. The van der Waals surface area contributed by atoms with E-state index in [2.05, 4.69) is 41.8 Å².